The van der Waals surface area contributed by atoms with Gasteiger partial charge in [-0.3, -0.25) is 0 Å². The van der Waals surface area contributed by atoms with Crippen molar-refractivity contribution in [1.82, 2.24) is 0 Å². The summed E-state index contributed by atoms with van der Waals surface area (Å²) in [7, 11) is 0. The van der Waals surface area contributed by atoms with Crippen molar-refractivity contribution in [2.75, 3.05) is 0 Å². The highest BCUT2D eigenvalue weighted by atomic mass is 32.1. The number of carbonyl (C=O) groups is 1. The maximum atomic E-state index is 12.8. The highest BCUT2D eigenvalue weighted by Crippen LogP contribution is 2.09. The molecule has 0 amide bonds. The summed E-state index contributed by atoms with van der Waals surface area (Å²) in [5.41, 5.74) is 0.527. The first-order valence-electron chi connectivity index (χ1n) is 3.60. The quantitative estimate of drug-likeness (QED) is 0.755. The van der Waals surface area contributed by atoms with Crippen LogP contribution >= 0.6 is 12.2 Å². The third kappa shape index (κ3) is 2.59. The Morgan fingerprint density at radius 3 is 2.77 bits per heavy atom. The molecule has 68 valence electrons. The van der Waals surface area contributed by atoms with E-state index >= 15 is 0 Å². The molecule has 0 heterocycles. The van der Waals surface area contributed by atoms with Gasteiger partial charge in [0.15, 0.2) is 0 Å². The van der Waals surface area contributed by atoms with Gasteiger partial charge in [0, 0.05) is 6.42 Å². The Hall–Kier alpha value is -1.29. The van der Waals surface area contributed by atoms with E-state index in [2.05, 4.69) is 12.2 Å². The Morgan fingerprint density at radius 2 is 2.23 bits per heavy atom. The second-order valence-corrected chi connectivity index (χ2v) is 2.86. The number of carboxylic acid groups (broad SMARTS) is 1. The van der Waals surface area contributed by atoms with E-state index in [9.17, 15) is 9.18 Å². The molecule has 0 aliphatic heterocycles. The van der Waals surface area contributed by atoms with Crippen LogP contribution in [0.1, 0.15) is 15.9 Å². The molecule has 0 spiro atoms. The van der Waals surface area contributed by atoms with Crippen molar-refractivity contribution >= 4 is 23.6 Å². The van der Waals surface area contributed by atoms with Gasteiger partial charge in [0.2, 0.25) is 0 Å². The molecule has 0 aliphatic rings. The zero-order chi connectivity index (χ0) is 9.84. The smallest absolute Gasteiger partial charge is 0.335 e. The normalized spacial score (nSPS) is 9.62. The number of thiocarbonyl (C=S) groups is 1. The van der Waals surface area contributed by atoms with E-state index in [1.165, 1.54) is 17.5 Å². The zero-order valence-corrected chi connectivity index (χ0v) is 7.47. The summed E-state index contributed by atoms with van der Waals surface area (Å²) in [6, 6.07) is 3.67. The average molecular weight is 198 g/mol. The largest absolute Gasteiger partial charge is 0.478 e. The van der Waals surface area contributed by atoms with Crippen LogP contribution in [0.3, 0.4) is 0 Å². The van der Waals surface area contributed by atoms with Crippen molar-refractivity contribution in [3.05, 3.63) is 35.1 Å². The molecule has 0 bridgehead atoms. The molecule has 0 atom stereocenters. The number of rotatable bonds is 3. The van der Waals surface area contributed by atoms with E-state index in [1.54, 1.807) is 0 Å². The van der Waals surface area contributed by atoms with E-state index in [1.807, 2.05) is 0 Å². The number of benzene rings is 1. The van der Waals surface area contributed by atoms with Crippen LogP contribution in [-0.4, -0.2) is 16.4 Å². The van der Waals surface area contributed by atoms with E-state index < -0.39 is 11.8 Å². The number of aromatic carboxylic acids is 1. The number of hydrogen-bond donors (Lipinski definition) is 1. The SMILES string of the molecule is O=C(O)c1cc(F)cc(CC=S)c1. The molecule has 0 radical (unpaired) electrons. The molecule has 0 fully saturated rings. The van der Waals surface area contributed by atoms with Crippen molar-refractivity contribution < 1.29 is 14.3 Å². The number of hydrogen-bond acceptors (Lipinski definition) is 2. The van der Waals surface area contributed by atoms with Gasteiger partial charge in [0.25, 0.3) is 0 Å². The third-order valence-electron chi connectivity index (χ3n) is 1.52. The van der Waals surface area contributed by atoms with Crippen molar-refractivity contribution in [2.24, 2.45) is 0 Å². The summed E-state index contributed by atoms with van der Waals surface area (Å²) in [5, 5.41) is 10.0. The maximum Gasteiger partial charge on any atom is 0.335 e. The Balaban J connectivity index is 3.10. The lowest BCUT2D eigenvalue weighted by atomic mass is 10.1. The molecule has 0 aromatic heterocycles. The van der Waals surface area contributed by atoms with E-state index in [4.69, 9.17) is 5.11 Å². The first kappa shape index (κ1) is 9.80. The predicted octanol–water partition coefficient (Wildman–Crippen LogP) is 2.07. The standard InChI is InChI=1S/C9H7FO2S/c10-8-4-6(1-2-13)3-7(5-8)9(11)12/h2-5H,1H2,(H,11,12). The second kappa shape index (κ2) is 4.09. The Morgan fingerprint density at radius 1 is 1.54 bits per heavy atom. The highest BCUT2D eigenvalue weighted by Gasteiger charge is 2.05. The van der Waals surface area contributed by atoms with Gasteiger partial charge in [-0.1, -0.05) is 12.2 Å². The molecule has 0 aliphatic carbocycles. The molecule has 13 heavy (non-hydrogen) atoms. The third-order valence-corrected chi connectivity index (χ3v) is 1.69. The van der Waals surface area contributed by atoms with Crippen LogP contribution in [-0.2, 0) is 6.42 Å². The lowest BCUT2D eigenvalue weighted by Gasteiger charge is -1.99. The van der Waals surface area contributed by atoms with Crippen molar-refractivity contribution in [2.45, 2.75) is 6.42 Å². The van der Waals surface area contributed by atoms with Crippen LogP contribution in [0.15, 0.2) is 18.2 Å². The highest BCUT2D eigenvalue weighted by molar-refractivity contribution is 7.78. The first-order chi connectivity index (χ1) is 6.13. The molecule has 4 heteroatoms. The van der Waals surface area contributed by atoms with Crippen LogP contribution in [0, 0.1) is 5.82 Å². The summed E-state index contributed by atoms with van der Waals surface area (Å²) in [5.74, 6) is -1.68. The first-order valence-corrected chi connectivity index (χ1v) is 4.07. The molecule has 0 unspecified atom stereocenters. The lowest BCUT2D eigenvalue weighted by Crippen LogP contribution is -1.99. The summed E-state index contributed by atoms with van der Waals surface area (Å²) in [6.45, 7) is 0. The minimum Gasteiger partial charge on any atom is -0.478 e. The fourth-order valence-electron chi connectivity index (χ4n) is 0.988. The minimum absolute atomic E-state index is 0.0492. The minimum atomic E-state index is -1.13. The van der Waals surface area contributed by atoms with E-state index in [0.717, 1.165) is 6.07 Å². The Bertz CT molecular complexity index is 349. The van der Waals surface area contributed by atoms with E-state index in [-0.39, 0.29) is 5.56 Å². The van der Waals surface area contributed by atoms with Gasteiger partial charge in [0.05, 0.1) is 5.56 Å². The van der Waals surface area contributed by atoms with Gasteiger partial charge in [-0.25, -0.2) is 9.18 Å². The van der Waals surface area contributed by atoms with Gasteiger partial charge in [-0.15, -0.1) is 0 Å². The monoisotopic (exact) mass is 198 g/mol. The number of halogens is 1. The van der Waals surface area contributed by atoms with Gasteiger partial charge in [-0.2, -0.15) is 0 Å². The average Bonchev–Trinajstić information content (AvgIpc) is 2.03. The van der Waals surface area contributed by atoms with Crippen LogP contribution in [0.4, 0.5) is 4.39 Å². The van der Waals surface area contributed by atoms with Crippen LogP contribution < -0.4 is 0 Å². The van der Waals surface area contributed by atoms with Gasteiger partial charge in [0.1, 0.15) is 5.82 Å². The number of carboxylic acids is 1. The van der Waals surface area contributed by atoms with E-state index in [0.29, 0.717) is 12.0 Å². The second-order valence-electron chi connectivity index (χ2n) is 2.52. The fraction of sp³-hybridized carbons (Fsp3) is 0.111. The lowest BCUT2D eigenvalue weighted by molar-refractivity contribution is 0.0696. The van der Waals surface area contributed by atoms with Crippen LogP contribution in [0.2, 0.25) is 0 Å². The van der Waals surface area contributed by atoms with Crippen molar-refractivity contribution in [1.29, 1.82) is 0 Å². The maximum absolute atomic E-state index is 12.8. The molecule has 0 saturated carbocycles. The molecular weight excluding hydrogens is 191 g/mol. The van der Waals surface area contributed by atoms with Gasteiger partial charge >= 0.3 is 5.97 Å². The van der Waals surface area contributed by atoms with Gasteiger partial charge in [-0.05, 0) is 29.1 Å². The fourth-order valence-corrected chi connectivity index (χ4v) is 1.18. The van der Waals surface area contributed by atoms with Gasteiger partial charge < -0.3 is 5.11 Å². The Labute approximate surface area is 80.0 Å². The van der Waals surface area contributed by atoms with Crippen molar-refractivity contribution in [3.8, 4) is 0 Å². The summed E-state index contributed by atoms with van der Waals surface area (Å²) < 4.78 is 12.8. The summed E-state index contributed by atoms with van der Waals surface area (Å²) >= 11 is 4.59. The van der Waals surface area contributed by atoms with Crippen LogP contribution in [0.5, 0.6) is 0 Å². The molecule has 0 saturated heterocycles. The molecular formula is C9H7FO2S. The topological polar surface area (TPSA) is 37.3 Å². The summed E-state index contributed by atoms with van der Waals surface area (Å²) in [4.78, 5) is 10.5. The molecule has 1 aromatic carbocycles. The Kier molecular flexibility index (Phi) is 3.08. The molecule has 1 rings (SSSR count). The van der Waals surface area contributed by atoms with Crippen LogP contribution in [0.25, 0.3) is 0 Å². The molecule has 1 aromatic rings. The van der Waals surface area contributed by atoms with Crippen molar-refractivity contribution in [3.63, 3.8) is 0 Å². The molecule has 1 N–H and O–H groups in total. The molecule has 2 nitrogen and oxygen atoms in total. The zero-order valence-electron chi connectivity index (χ0n) is 6.66. The summed E-state index contributed by atoms with van der Waals surface area (Å²) in [6.07, 6.45) is 0.396. The predicted molar refractivity (Wildman–Crippen MR) is 50.7 cm³/mol.